The molecule has 14 rings (SSSR count). The first-order valence-corrected chi connectivity index (χ1v) is 20.4. The maximum atomic E-state index is 6.74. The Morgan fingerprint density at radius 3 is 1.83 bits per heavy atom. The molecule has 0 bridgehead atoms. The number of nitrogens with zero attached hydrogens (tertiary/aromatic N) is 4. The zero-order valence-electron chi connectivity index (χ0n) is 32.1. The maximum absolute atomic E-state index is 6.74. The molecule has 0 amide bonds. The molecule has 0 radical (unpaired) electrons. The highest BCUT2D eigenvalue weighted by Crippen LogP contribution is 2.49. The molecule has 2 aliphatic rings. The molecule has 274 valence electrons. The van der Waals surface area contributed by atoms with Gasteiger partial charge in [-0.15, -0.1) is 0 Å². The Bertz CT molecular complexity index is 3700. The summed E-state index contributed by atoms with van der Waals surface area (Å²) in [7, 11) is 0. The van der Waals surface area contributed by atoms with Gasteiger partial charge in [-0.25, -0.2) is 0 Å². The third kappa shape index (κ3) is 3.91. The smallest absolute Gasteiger partial charge is 0.252 e. The Morgan fingerprint density at radius 1 is 0.475 bits per heavy atom. The molecule has 6 heterocycles. The predicted molar refractivity (Wildman–Crippen MR) is 246 cm³/mol. The van der Waals surface area contributed by atoms with E-state index in [0.717, 1.165) is 50.2 Å². The standard InChI is InChI=1S/C53H33BN4O/c1-32-30-43-47-44(31-32)58-49-36-22-11-13-26-41(36)56(35-20-9-4-10-21-35)52(49)46-42(55(33-16-5-2-6-17-33)34-18-7-3-8-19-34)29-28-40(51(46)58)54(47)39-25-15-24-38-48(39)57(43)50-37-23-12-14-27-45(37)59-53(38)50/h2-31H,1H3. The van der Waals surface area contributed by atoms with Crippen molar-refractivity contribution in [1.29, 1.82) is 0 Å². The highest BCUT2D eigenvalue weighted by molar-refractivity contribution is 7.00. The lowest BCUT2D eigenvalue weighted by atomic mass is 9.34. The van der Waals surface area contributed by atoms with E-state index in [-0.39, 0.29) is 6.71 Å². The van der Waals surface area contributed by atoms with Gasteiger partial charge < -0.3 is 23.0 Å². The van der Waals surface area contributed by atoms with Crippen LogP contribution in [0.2, 0.25) is 0 Å². The lowest BCUT2D eigenvalue weighted by Gasteiger charge is -2.34. The van der Waals surface area contributed by atoms with Gasteiger partial charge in [0.1, 0.15) is 11.1 Å². The molecule has 5 nitrogen and oxygen atoms in total. The minimum atomic E-state index is 0.00321. The fourth-order valence-electron chi connectivity index (χ4n) is 10.9. The Hall–Kier alpha value is -7.70. The van der Waals surface area contributed by atoms with E-state index >= 15 is 0 Å². The van der Waals surface area contributed by atoms with Crippen molar-refractivity contribution in [3.63, 3.8) is 0 Å². The Kier molecular flexibility index (Phi) is 5.98. The van der Waals surface area contributed by atoms with E-state index in [1.54, 1.807) is 0 Å². The van der Waals surface area contributed by atoms with Crippen LogP contribution in [-0.2, 0) is 0 Å². The monoisotopic (exact) mass is 752 g/mol. The SMILES string of the molecule is Cc1cc2c3c(c1)-n1c4c(ccc(N(c5ccccc5)c5ccccc5)c4c4c1c1ccccc1n4-c1ccccc1)B3c1cccc3c4oc5ccccc5c4n-2c13. The van der Waals surface area contributed by atoms with Crippen LogP contribution in [0.1, 0.15) is 5.56 Å². The molecule has 0 saturated carbocycles. The number of hydrogen-bond donors (Lipinski definition) is 0. The first kappa shape index (κ1) is 31.4. The lowest BCUT2D eigenvalue weighted by molar-refractivity contribution is 0.673. The quantitative estimate of drug-likeness (QED) is 0.168. The molecule has 0 fully saturated rings. The Morgan fingerprint density at radius 2 is 1.08 bits per heavy atom. The van der Waals surface area contributed by atoms with Gasteiger partial charge in [0, 0.05) is 50.0 Å². The minimum Gasteiger partial charge on any atom is -0.454 e. The average molecular weight is 753 g/mol. The van der Waals surface area contributed by atoms with Crippen LogP contribution in [0.15, 0.2) is 186 Å². The van der Waals surface area contributed by atoms with Crippen molar-refractivity contribution >= 4 is 106 Å². The molecular weight excluding hydrogens is 719 g/mol. The van der Waals surface area contributed by atoms with Crippen molar-refractivity contribution in [1.82, 2.24) is 13.7 Å². The van der Waals surface area contributed by atoms with Gasteiger partial charge in [-0.1, -0.05) is 103 Å². The van der Waals surface area contributed by atoms with E-state index in [0.29, 0.717) is 0 Å². The van der Waals surface area contributed by atoms with Gasteiger partial charge in [0.15, 0.2) is 5.58 Å². The van der Waals surface area contributed by atoms with Crippen molar-refractivity contribution < 1.29 is 4.42 Å². The van der Waals surface area contributed by atoms with E-state index in [9.17, 15) is 0 Å². The molecule has 6 heteroatoms. The summed E-state index contributed by atoms with van der Waals surface area (Å²) in [6.07, 6.45) is 0. The summed E-state index contributed by atoms with van der Waals surface area (Å²) in [5.74, 6) is 0. The molecule has 0 atom stereocenters. The molecule has 4 aromatic heterocycles. The van der Waals surface area contributed by atoms with E-state index in [4.69, 9.17) is 4.42 Å². The summed E-state index contributed by atoms with van der Waals surface area (Å²) in [6.45, 7) is 2.25. The minimum absolute atomic E-state index is 0.00321. The van der Waals surface area contributed by atoms with Crippen LogP contribution >= 0.6 is 0 Å². The summed E-state index contributed by atoms with van der Waals surface area (Å²) in [6, 6.07) is 66.4. The molecule has 8 aromatic carbocycles. The zero-order chi connectivity index (χ0) is 38.5. The Balaban J connectivity index is 1.22. The molecule has 0 N–H and O–H groups in total. The summed E-state index contributed by atoms with van der Waals surface area (Å²) >= 11 is 0. The third-order valence-corrected chi connectivity index (χ3v) is 13.0. The van der Waals surface area contributed by atoms with Gasteiger partial charge in [0.25, 0.3) is 6.71 Å². The predicted octanol–water partition coefficient (Wildman–Crippen LogP) is 11.5. The Labute approximate surface area is 339 Å². The van der Waals surface area contributed by atoms with Crippen molar-refractivity contribution in [2.75, 3.05) is 4.90 Å². The summed E-state index contributed by atoms with van der Waals surface area (Å²) in [4.78, 5) is 2.44. The van der Waals surface area contributed by atoms with Gasteiger partial charge >= 0.3 is 0 Å². The van der Waals surface area contributed by atoms with E-state index in [2.05, 4.69) is 208 Å². The normalized spacial score (nSPS) is 12.8. The highest BCUT2D eigenvalue weighted by atomic mass is 16.3. The summed E-state index contributed by atoms with van der Waals surface area (Å²) < 4.78 is 14.4. The molecule has 0 saturated heterocycles. The van der Waals surface area contributed by atoms with Gasteiger partial charge in [-0.3, -0.25) is 0 Å². The van der Waals surface area contributed by atoms with Crippen molar-refractivity contribution in [3.05, 3.63) is 188 Å². The number of rotatable bonds is 4. The van der Waals surface area contributed by atoms with Crippen LogP contribution < -0.4 is 21.3 Å². The second-order valence-corrected chi connectivity index (χ2v) is 16.1. The number of aromatic nitrogens is 3. The van der Waals surface area contributed by atoms with Crippen LogP contribution in [0, 0.1) is 6.92 Å². The van der Waals surface area contributed by atoms with Crippen LogP contribution in [0.4, 0.5) is 17.1 Å². The molecular formula is C53H33BN4O. The van der Waals surface area contributed by atoms with E-state index in [1.807, 2.05) is 0 Å². The van der Waals surface area contributed by atoms with Crippen molar-refractivity contribution in [2.45, 2.75) is 6.92 Å². The maximum Gasteiger partial charge on any atom is 0.252 e. The number of aryl methyl sites for hydroxylation is 1. The first-order chi connectivity index (χ1) is 29.2. The second-order valence-electron chi connectivity index (χ2n) is 16.1. The van der Waals surface area contributed by atoms with Crippen molar-refractivity contribution in [2.24, 2.45) is 0 Å². The van der Waals surface area contributed by atoms with E-state index in [1.165, 1.54) is 71.7 Å². The largest absolute Gasteiger partial charge is 0.454 e. The molecule has 12 aromatic rings. The number of furan rings is 1. The number of fused-ring (bicyclic) bond motifs is 14. The third-order valence-electron chi connectivity index (χ3n) is 13.0. The van der Waals surface area contributed by atoms with Gasteiger partial charge in [0.05, 0.1) is 33.3 Å². The van der Waals surface area contributed by atoms with Crippen molar-refractivity contribution in [3.8, 4) is 17.1 Å². The zero-order valence-corrected chi connectivity index (χ0v) is 32.1. The summed E-state index contributed by atoms with van der Waals surface area (Å²) in [5.41, 5.74) is 21.2. The topological polar surface area (TPSA) is 31.2 Å². The highest BCUT2D eigenvalue weighted by Gasteiger charge is 2.43. The van der Waals surface area contributed by atoms with E-state index < -0.39 is 0 Å². The van der Waals surface area contributed by atoms with Gasteiger partial charge in [-0.2, -0.15) is 0 Å². The molecule has 0 spiro atoms. The molecule has 2 aliphatic heterocycles. The molecule has 0 unspecified atom stereocenters. The molecule has 59 heavy (non-hydrogen) atoms. The fourth-order valence-corrected chi connectivity index (χ4v) is 10.9. The molecule has 0 aliphatic carbocycles. The first-order valence-electron chi connectivity index (χ1n) is 20.4. The summed E-state index contributed by atoms with van der Waals surface area (Å²) in [5, 5.41) is 4.74. The number of para-hydroxylation sites is 6. The van der Waals surface area contributed by atoms with Crippen LogP contribution in [0.25, 0.3) is 82.9 Å². The second kappa shape index (κ2) is 11.2. The fraction of sp³-hybridized carbons (Fsp3) is 0.0189. The van der Waals surface area contributed by atoms with Crippen LogP contribution in [0.5, 0.6) is 0 Å². The lowest BCUT2D eigenvalue weighted by Crippen LogP contribution is -2.59. The number of hydrogen-bond acceptors (Lipinski definition) is 2. The number of anilines is 3. The van der Waals surface area contributed by atoms with Crippen LogP contribution in [0.3, 0.4) is 0 Å². The van der Waals surface area contributed by atoms with Crippen LogP contribution in [-0.4, -0.2) is 20.4 Å². The van der Waals surface area contributed by atoms with Gasteiger partial charge in [0.2, 0.25) is 0 Å². The number of benzene rings is 8. The van der Waals surface area contributed by atoms with Gasteiger partial charge in [-0.05, 0) is 108 Å². The average Bonchev–Trinajstić information content (AvgIpc) is 4.02.